The van der Waals surface area contributed by atoms with Crippen LogP contribution in [0.3, 0.4) is 0 Å². The molecule has 8 fully saturated rings. The fourth-order valence-corrected chi connectivity index (χ4v) is 13.7. The predicted molar refractivity (Wildman–Crippen MR) is 171 cm³/mol. The van der Waals surface area contributed by atoms with E-state index in [1.54, 1.807) is 27.7 Å². The number of hydrogen-bond acceptors (Lipinski definition) is 17. The molecule has 54 heavy (non-hydrogen) atoms. The molecule has 9 rings (SSSR count). The fraction of sp³-hybridized carbons (Fsp3) is 0.757. The van der Waals surface area contributed by atoms with Crippen molar-refractivity contribution in [1.29, 1.82) is 0 Å². The molecule has 1 aromatic rings. The average molecular weight is 761 g/mol. The van der Waals surface area contributed by atoms with Crippen molar-refractivity contribution >= 4 is 29.8 Å². The van der Waals surface area contributed by atoms with E-state index in [1.807, 2.05) is 0 Å². The minimum Gasteiger partial charge on any atom is -0.472 e. The van der Waals surface area contributed by atoms with Gasteiger partial charge in [-0.15, -0.1) is 0 Å². The number of aliphatic hydroxyl groups excluding tert-OH is 2. The van der Waals surface area contributed by atoms with Crippen molar-refractivity contribution in [3.05, 3.63) is 24.2 Å². The zero-order valence-corrected chi connectivity index (χ0v) is 31.0. The van der Waals surface area contributed by atoms with Gasteiger partial charge in [0, 0.05) is 43.6 Å². The highest BCUT2D eigenvalue weighted by molar-refractivity contribution is 5.82. The highest BCUT2D eigenvalue weighted by atomic mass is 17.0. The molecule has 1 spiro atoms. The molecule has 4 heterocycles. The van der Waals surface area contributed by atoms with Crippen molar-refractivity contribution in [3.63, 3.8) is 0 Å². The Bertz CT molecular complexity index is 1910. The smallest absolute Gasteiger partial charge is 0.336 e. The molecular formula is C37H44O17. The lowest BCUT2D eigenvalue weighted by molar-refractivity contribution is -0.470. The molecular weight excluding hydrogens is 716 g/mol. The van der Waals surface area contributed by atoms with E-state index in [1.165, 1.54) is 32.6 Å². The van der Waals surface area contributed by atoms with E-state index < -0.39 is 135 Å². The van der Waals surface area contributed by atoms with Gasteiger partial charge in [0.05, 0.1) is 36.4 Å². The second kappa shape index (κ2) is 10.0. The topological polar surface area (TPSA) is 233 Å². The third kappa shape index (κ3) is 3.23. The van der Waals surface area contributed by atoms with Crippen LogP contribution in [0.15, 0.2) is 23.0 Å². The number of methoxy groups -OCH3 is 1. The van der Waals surface area contributed by atoms with Gasteiger partial charge >= 0.3 is 29.8 Å². The largest absolute Gasteiger partial charge is 0.472 e. The number of carbonyl (C=O) groups is 5. The van der Waals surface area contributed by atoms with Crippen molar-refractivity contribution in [2.75, 3.05) is 7.11 Å². The molecule has 294 valence electrons. The number of hydrogen-bond donors (Lipinski definition) is 3. The van der Waals surface area contributed by atoms with Gasteiger partial charge in [-0.2, -0.15) is 0 Å². The summed E-state index contributed by atoms with van der Waals surface area (Å²) in [6.45, 7) is 10.0. The third-order valence-electron chi connectivity index (χ3n) is 15.0. The lowest BCUT2D eigenvalue weighted by atomic mass is 9.33. The second-order valence-corrected chi connectivity index (χ2v) is 17.4. The Morgan fingerprint density at radius 2 is 1.67 bits per heavy atom. The summed E-state index contributed by atoms with van der Waals surface area (Å²) in [6, 6.07) is 1.53. The second-order valence-electron chi connectivity index (χ2n) is 17.4. The Hall–Kier alpha value is -3.61. The van der Waals surface area contributed by atoms with Crippen LogP contribution >= 0.6 is 0 Å². The van der Waals surface area contributed by atoms with E-state index in [0.717, 1.165) is 13.8 Å². The molecule has 16 unspecified atom stereocenters. The van der Waals surface area contributed by atoms with Crippen LogP contribution in [0.1, 0.15) is 79.4 Å². The Labute approximate surface area is 308 Å². The van der Waals surface area contributed by atoms with Crippen LogP contribution in [-0.2, 0) is 61.9 Å². The van der Waals surface area contributed by atoms with Gasteiger partial charge in [0.15, 0.2) is 12.2 Å². The van der Waals surface area contributed by atoms with E-state index in [4.69, 9.17) is 42.3 Å². The third-order valence-corrected chi connectivity index (χ3v) is 15.0. The SMILES string of the molecule is COC(=O)CC1C2(C)CC3(O)C(OC(=O)C(C)C)(C2OC(C)=O)C2OC4(C)OC5(C(O)C(OC(C)=O)C67CC6(C(O)C(=O)OC7c6ccoc6)C25O4)C13C. The van der Waals surface area contributed by atoms with E-state index in [9.17, 15) is 39.3 Å². The maximum Gasteiger partial charge on any atom is 0.336 e. The standard InChI is InChI=1S/C37H44O17/c1-15(2)25(43)51-35-27(49-17(4)39)29(5)13-34(35,45)30(6,19(29)11-20(40)46-8)36-21(41)24(48-16(3)38)32-14-33(32,37(36)28(35)52-31(7,53-36)54-37)22(42)26(44)50-23(32)18-9-10-47-12-18/h9-10,12,15,19,21-24,27-28,41-42,45H,11,13-14H2,1-8H3. The molecule has 5 saturated carbocycles. The minimum absolute atomic E-state index is 0.224. The highest BCUT2D eigenvalue weighted by Crippen LogP contribution is 2.95. The van der Waals surface area contributed by atoms with Crippen LogP contribution in [0.2, 0.25) is 0 Å². The highest BCUT2D eigenvalue weighted by Gasteiger charge is 3.11. The molecule has 0 aromatic carbocycles. The first-order valence-electron chi connectivity index (χ1n) is 18.2. The molecule has 8 aliphatic rings. The summed E-state index contributed by atoms with van der Waals surface area (Å²) < 4.78 is 55.8. The van der Waals surface area contributed by atoms with Crippen molar-refractivity contribution < 1.29 is 81.6 Å². The Balaban J connectivity index is 1.44. The van der Waals surface area contributed by atoms with Gasteiger partial charge < -0.3 is 57.6 Å². The molecule has 0 amide bonds. The average Bonchev–Trinajstić information content (AvgIpc) is 3.43. The van der Waals surface area contributed by atoms with E-state index in [2.05, 4.69) is 0 Å². The maximum atomic E-state index is 14.1. The van der Waals surface area contributed by atoms with Crippen LogP contribution < -0.4 is 0 Å². The summed E-state index contributed by atoms with van der Waals surface area (Å²) in [7, 11) is 1.18. The number of carbonyl (C=O) groups excluding carboxylic acids is 5. The number of rotatable bonds is 7. The molecule has 3 saturated heterocycles. The van der Waals surface area contributed by atoms with Crippen LogP contribution in [0.4, 0.5) is 0 Å². The molecule has 4 bridgehead atoms. The zero-order valence-electron chi connectivity index (χ0n) is 31.0. The van der Waals surface area contributed by atoms with Gasteiger partial charge in [-0.05, 0) is 24.8 Å². The molecule has 3 aliphatic heterocycles. The van der Waals surface area contributed by atoms with Gasteiger partial charge in [0.2, 0.25) is 5.60 Å². The quantitative estimate of drug-likeness (QED) is 0.257. The molecule has 5 aliphatic carbocycles. The number of cyclic esters (lactones) is 1. The Morgan fingerprint density at radius 1 is 1.00 bits per heavy atom. The number of fused-ring (bicyclic) bond motifs is 3. The van der Waals surface area contributed by atoms with Crippen molar-refractivity contribution in [2.24, 2.45) is 33.5 Å². The number of aliphatic hydroxyl groups is 3. The summed E-state index contributed by atoms with van der Waals surface area (Å²) in [5.41, 5.74) is -16.1. The van der Waals surface area contributed by atoms with Gasteiger partial charge in [0.1, 0.15) is 41.2 Å². The lowest BCUT2D eigenvalue weighted by Crippen LogP contribution is -2.97. The van der Waals surface area contributed by atoms with Crippen molar-refractivity contribution in [1.82, 2.24) is 0 Å². The monoisotopic (exact) mass is 760 g/mol. The predicted octanol–water partition coefficient (Wildman–Crippen LogP) is 0.742. The first-order chi connectivity index (χ1) is 25.1. The molecule has 16 atom stereocenters. The number of furan rings is 1. The lowest BCUT2D eigenvalue weighted by Gasteiger charge is -2.77. The summed E-state index contributed by atoms with van der Waals surface area (Å²) in [5.74, 6) is -8.37. The van der Waals surface area contributed by atoms with Gasteiger partial charge in [-0.25, -0.2) is 4.79 Å². The van der Waals surface area contributed by atoms with Crippen LogP contribution in [0.5, 0.6) is 0 Å². The first kappa shape index (κ1) is 36.1. The van der Waals surface area contributed by atoms with Crippen molar-refractivity contribution in [3.8, 4) is 0 Å². The van der Waals surface area contributed by atoms with Gasteiger partial charge in [-0.1, -0.05) is 27.7 Å². The summed E-state index contributed by atoms with van der Waals surface area (Å²) in [5, 5.41) is 39.5. The Morgan fingerprint density at radius 3 is 2.26 bits per heavy atom. The molecule has 17 nitrogen and oxygen atoms in total. The summed E-state index contributed by atoms with van der Waals surface area (Å²) >= 11 is 0. The van der Waals surface area contributed by atoms with E-state index in [-0.39, 0.29) is 12.8 Å². The molecule has 17 heteroatoms. The van der Waals surface area contributed by atoms with Gasteiger partial charge in [-0.3, -0.25) is 19.2 Å². The molecule has 1 aromatic heterocycles. The zero-order chi connectivity index (χ0) is 39.2. The van der Waals surface area contributed by atoms with Crippen molar-refractivity contribution in [2.45, 2.75) is 133 Å². The van der Waals surface area contributed by atoms with Crippen LogP contribution in [0, 0.1) is 33.5 Å². The fourth-order valence-electron chi connectivity index (χ4n) is 13.7. The van der Waals surface area contributed by atoms with Crippen LogP contribution in [-0.4, -0.2) is 111 Å². The normalized spacial score (nSPS) is 53.6. The van der Waals surface area contributed by atoms with Gasteiger partial charge in [0.25, 0.3) is 5.97 Å². The van der Waals surface area contributed by atoms with Crippen LogP contribution in [0.25, 0.3) is 0 Å². The van der Waals surface area contributed by atoms with E-state index in [0.29, 0.717) is 5.56 Å². The number of esters is 5. The molecule has 3 N–H and O–H groups in total. The Kier molecular flexibility index (Phi) is 6.70. The first-order valence-corrected chi connectivity index (χ1v) is 18.2. The minimum atomic E-state index is -2.38. The number of ether oxygens (including phenoxy) is 8. The summed E-state index contributed by atoms with van der Waals surface area (Å²) in [4.78, 5) is 67.9. The molecule has 0 radical (unpaired) electrons. The maximum absolute atomic E-state index is 14.1. The summed E-state index contributed by atoms with van der Waals surface area (Å²) in [6.07, 6.45) is -8.54. The van der Waals surface area contributed by atoms with E-state index >= 15 is 0 Å².